The molecule has 3 heterocycles. The Kier molecular flexibility index (Phi) is 6.83. The number of allylic oxidation sites excluding steroid dienone is 4. The molecule has 0 unspecified atom stereocenters. The molecule has 32 heavy (non-hydrogen) atoms. The smallest absolute Gasteiger partial charge is 0.269 e. The lowest BCUT2D eigenvalue weighted by Crippen LogP contribution is -2.43. The van der Waals surface area contributed by atoms with Gasteiger partial charge in [0.1, 0.15) is 5.70 Å². The van der Waals surface area contributed by atoms with Gasteiger partial charge in [0.25, 0.3) is 11.5 Å². The van der Waals surface area contributed by atoms with Crippen molar-refractivity contribution in [1.82, 2.24) is 15.2 Å². The minimum Gasteiger partial charge on any atom is -0.359 e. The first kappa shape index (κ1) is 22.0. The second kappa shape index (κ2) is 9.94. The minimum atomic E-state index is -0.185. The van der Waals surface area contributed by atoms with E-state index in [1.54, 1.807) is 19.3 Å². The van der Waals surface area contributed by atoms with E-state index in [1.807, 2.05) is 31.2 Å². The Bertz CT molecular complexity index is 1080. The Labute approximate surface area is 188 Å². The van der Waals surface area contributed by atoms with Crippen LogP contribution in [0.3, 0.4) is 0 Å². The summed E-state index contributed by atoms with van der Waals surface area (Å²) in [6, 6.07) is 4.08. The minimum absolute atomic E-state index is 0.0614. The molecular weight excluding hydrogens is 402 g/mol. The fourth-order valence-corrected chi connectivity index (χ4v) is 4.70. The maximum Gasteiger partial charge on any atom is 0.269 e. The zero-order chi connectivity index (χ0) is 22.5. The Morgan fingerprint density at radius 2 is 2.09 bits per heavy atom. The van der Waals surface area contributed by atoms with Gasteiger partial charge < -0.3 is 15.2 Å². The van der Waals surface area contributed by atoms with Crippen molar-refractivity contribution < 1.29 is 9.37 Å². The van der Waals surface area contributed by atoms with Crippen molar-refractivity contribution in [2.75, 3.05) is 33.2 Å². The van der Waals surface area contributed by atoms with Crippen molar-refractivity contribution in [3.63, 3.8) is 0 Å². The van der Waals surface area contributed by atoms with Gasteiger partial charge in [-0.2, -0.15) is 0 Å². The van der Waals surface area contributed by atoms with Crippen LogP contribution >= 0.6 is 0 Å². The molecule has 1 saturated carbocycles. The van der Waals surface area contributed by atoms with Crippen molar-refractivity contribution in [2.24, 2.45) is 4.99 Å². The second-order valence-corrected chi connectivity index (χ2v) is 8.46. The molecule has 1 amide bonds. The lowest BCUT2D eigenvalue weighted by atomic mass is 10.0. The monoisotopic (exact) mass is 434 g/mol. The van der Waals surface area contributed by atoms with Gasteiger partial charge in [-0.15, -0.1) is 0 Å². The van der Waals surface area contributed by atoms with E-state index in [2.05, 4.69) is 30.8 Å². The van der Waals surface area contributed by atoms with Crippen LogP contribution in [-0.2, 0) is 11.2 Å². The molecule has 7 heteroatoms. The number of carbonyl (C=O) groups excluding carboxylic acids is 1. The number of H-pyrrole nitrogens is 1. The number of likely N-dealkylation sites (N-methyl/N-ethyl adjacent to an activating group) is 1. The summed E-state index contributed by atoms with van der Waals surface area (Å²) in [5.41, 5.74) is 5.00. The number of hydrogen-bond acceptors (Lipinski definition) is 4. The number of aryl methyl sites for hydroxylation is 1. The van der Waals surface area contributed by atoms with Gasteiger partial charge >= 0.3 is 0 Å². The van der Waals surface area contributed by atoms with Gasteiger partial charge in [-0.1, -0.05) is 13.0 Å². The fourth-order valence-electron chi connectivity index (χ4n) is 4.70. The molecule has 3 aliphatic rings. The standard InChI is InChI=1S/C25H31N5O2/c1-3-18-7-10-22(28-24(18)31)19-6-8-21(17-19)30-15-13-29(14-16-30)20-5-4-12-27-23(11-9-20)25(32)26-2/h4-5,7,9-12,19H,3,6,8,13-17H2,1-2H3,(H-,26,28,31,32)/p+1/b5-4+,11-9?,12-4?,20-5?,20-9+,23-11-,27-12+,27-23?/t19-/m1/s1. The average Bonchev–Trinajstić information content (AvgIpc) is 3.29. The van der Waals surface area contributed by atoms with Crippen LogP contribution in [0.4, 0.5) is 0 Å². The number of aromatic amines is 1. The molecule has 1 aromatic heterocycles. The van der Waals surface area contributed by atoms with Crippen LogP contribution in [-0.4, -0.2) is 65.5 Å². The third-order valence-electron chi connectivity index (χ3n) is 6.63. The largest absolute Gasteiger partial charge is 0.359 e. The Morgan fingerprint density at radius 1 is 1.28 bits per heavy atom. The summed E-state index contributed by atoms with van der Waals surface area (Å²) in [7, 11) is 1.61. The Morgan fingerprint density at radius 3 is 2.81 bits per heavy atom. The molecule has 2 aliphatic heterocycles. The molecule has 0 spiro atoms. The van der Waals surface area contributed by atoms with Gasteiger partial charge in [0.2, 0.25) is 0 Å². The molecule has 1 aromatic rings. The molecule has 2 fully saturated rings. The van der Waals surface area contributed by atoms with E-state index < -0.39 is 0 Å². The second-order valence-electron chi connectivity index (χ2n) is 8.46. The maximum atomic E-state index is 12.2. The van der Waals surface area contributed by atoms with Gasteiger partial charge in [0.05, 0.1) is 13.1 Å². The van der Waals surface area contributed by atoms with Crippen molar-refractivity contribution in [3.8, 4) is 0 Å². The zero-order valence-corrected chi connectivity index (χ0v) is 18.9. The highest BCUT2D eigenvalue weighted by Gasteiger charge is 2.31. The van der Waals surface area contributed by atoms with Gasteiger partial charge in [0, 0.05) is 49.0 Å². The van der Waals surface area contributed by atoms with Crippen LogP contribution in [0.25, 0.3) is 0 Å². The average molecular weight is 435 g/mol. The number of amides is 1. The lowest BCUT2D eigenvalue weighted by molar-refractivity contribution is -0.540. The normalized spacial score (nSPS) is 26.4. The lowest BCUT2D eigenvalue weighted by Gasteiger charge is -2.29. The SMILES string of the molecule is CCc1ccc([C@@H]2CCC(=[N+]3CCN(C4=C/C=C(C(=O)NC)\N=C\C=C\4)CC3)C2)[nH]c1=O. The number of hydrogen-bond donors (Lipinski definition) is 2. The van der Waals surface area contributed by atoms with E-state index in [0.29, 0.717) is 11.6 Å². The molecule has 168 valence electrons. The van der Waals surface area contributed by atoms with Gasteiger partial charge in [-0.25, -0.2) is 4.58 Å². The van der Waals surface area contributed by atoms with Crippen molar-refractivity contribution in [1.29, 1.82) is 0 Å². The molecule has 0 bridgehead atoms. The van der Waals surface area contributed by atoms with Crippen molar-refractivity contribution >= 4 is 17.8 Å². The summed E-state index contributed by atoms with van der Waals surface area (Å²) in [6.07, 6.45) is 13.3. The van der Waals surface area contributed by atoms with Gasteiger partial charge in [-0.05, 0) is 43.2 Å². The van der Waals surface area contributed by atoms with Crippen LogP contribution in [0.1, 0.15) is 43.4 Å². The molecule has 1 aliphatic carbocycles. The quantitative estimate of drug-likeness (QED) is 0.713. The topological polar surface area (TPSA) is 80.6 Å². The number of carbonyl (C=O) groups is 1. The third-order valence-corrected chi connectivity index (χ3v) is 6.63. The van der Waals surface area contributed by atoms with E-state index >= 15 is 0 Å². The number of nitrogens with one attached hydrogen (secondary N) is 2. The summed E-state index contributed by atoms with van der Waals surface area (Å²) in [6.45, 7) is 5.86. The van der Waals surface area contributed by atoms with E-state index in [0.717, 1.165) is 68.8 Å². The number of nitrogens with zero attached hydrogens (tertiary/aromatic N) is 3. The number of aromatic nitrogens is 1. The summed E-state index contributed by atoms with van der Waals surface area (Å²) >= 11 is 0. The predicted octanol–water partition coefficient (Wildman–Crippen LogP) is 2.13. The van der Waals surface area contributed by atoms with Gasteiger partial charge in [-0.3, -0.25) is 14.6 Å². The molecular formula is C25H32N5O2+. The summed E-state index contributed by atoms with van der Waals surface area (Å²) in [5.74, 6) is 0.222. The first-order valence-corrected chi connectivity index (χ1v) is 11.5. The first-order valence-electron chi connectivity index (χ1n) is 11.5. The van der Waals surface area contributed by atoms with E-state index in [9.17, 15) is 9.59 Å². The highest BCUT2D eigenvalue weighted by atomic mass is 16.2. The number of aliphatic imine (C=N–C) groups is 1. The van der Waals surface area contributed by atoms with Crippen LogP contribution in [0.5, 0.6) is 0 Å². The summed E-state index contributed by atoms with van der Waals surface area (Å²) in [5, 5.41) is 2.62. The maximum absolute atomic E-state index is 12.2. The van der Waals surface area contributed by atoms with Crippen LogP contribution < -0.4 is 10.9 Å². The molecule has 7 nitrogen and oxygen atoms in total. The number of piperazine rings is 1. The van der Waals surface area contributed by atoms with Crippen LogP contribution in [0.2, 0.25) is 0 Å². The predicted molar refractivity (Wildman–Crippen MR) is 127 cm³/mol. The van der Waals surface area contributed by atoms with Crippen molar-refractivity contribution in [2.45, 2.75) is 38.5 Å². The van der Waals surface area contributed by atoms with Gasteiger partial charge in [0.15, 0.2) is 18.8 Å². The number of pyridine rings is 1. The van der Waals surface area contributed by atoms with E-state index in [4.69, 9.17) is 0 Å². The molecule has 0 radical (unpaired) electrons. The molecule has 2 N–H and O–H groups in total. The van der Waals surface area contributed by atoms with Crippen molar-refractivity contribution in [3.05, 3.63) is 69.4 Å². The van der Waals surface area contributed by atoms with Crippen LogP contribution in [0.15, 0.2) is 57.6 Å². The molecule has 0 aromatic carbocycles. The van der Waals surface area contributed by atoms with Crippen LogP contribution in [0, 0.1) is 0 Å². The molecule has 4 rings (SSSR count). The molecule has 1 atom stereocenters. The number of rotatable bonds is 4. The highest BCUT2D eigenvalue weighted by molar-refractivity contribution is 5.95. The fraction of sp³-hybridized carbons (Fsp3) is 0.440. The Balaban J connectivity index is 1.41. The summed E-state index contributed by atoms with van der Waals surface area (Å²) < 4.78 is 2.52. The zero-order valence-electron chi connectivity index (χ0n) is 18.9. The first-order chi connectivity index (χ1) is 15.6. The van der Waals surface area contributed by atoms with E-state index in [1.165, 1.54) is 5.71 Å². The highest BCUT2D eigenvalue weighted by Crippen LogP contribution is 2.31. The molecule has 1 saturated heterocycles. The summed E-state index contributed by atoms with van der Waals surface area (Å²) in [4.78, 5) is 33.7. The third kappa shape index (κ3) is 4.82. The van der Waals surface area contributed by atoms with E-state index in [-0.39, 0.29) is 11.5 Å². The Hall–Kier alpha value is -3.22.